The van der Waals surface area contributed by atoms with Crippen molar-refractivity contribution in [3.05, 3.63) is 59.3 Å². The first kappa shape index (κ1) is 16.7. The van der Waals surface area contributed by atoms with Crippen molar-refractivity contribution < 1.29 is 5.11 Å². The molecule has 0 fully saturated rings. The number of rotatable bonds is 3. The lowest BCUT2D eigenvalue weighted by Crippen LogP contribution is -2.26. The van der Waals surface area contributed by atoms with Gasteiger partial charge in [0, 0.05) is 29.7 Å². The van der Waals surface area contributed by atoms with Gasteiger partial charge in [0.05, 0.1) is 41.1 Å². The number of imidazole rings is 1. The maximum Gasteiger partial charge on any atom is 0.329 e. The Bertz CT molecular complexity index is 1410. The molecule has 7 heteroatoms. The largest absolute Gasteiger partial charge is 0.394 e. The van der Waals surface area contributed by atoms with E-state index in [1.165, 1.54) is 0 Å². The minimum absolute atomic E-state index is 0.134. The molecule has 1 atom stereocenters. The summed E-state index contributed by atoms with van der Waals surface area (Å²) in [6.07, 6.45) is 3.60. The number of fused-ring (bicyclic) bond motifs is 4. The molecule has 0 aliphatic carbocycles. The molecule has 1 aromatic carbocycles. The summed E-state index contributed by atoms with van der Waals surface area (Å²) in [7, 11) is 1.71. The fourth-order valence-electron chi connectivity index (χ4n) is 3.84. The summed E-state index contributed by atoms with van der Waals surface area (Å²) in [6, 6.07) is 11.6. The van der Waals surface area contributed by atoms with Crippen molar-refractivity contribution in [3.8, 4) is 11.3 Å². The monoisotopic (exact) mass is 373 g/mol. The van der Waals surface area contributed by atoms with Gasteiger partial charge in [0.15, 0.2) is 0 Å². The van der Waals surface area contributed by atoms with E-state index in [4.69, 9.17) is 4.98 Å². The number of hydrogen-bond acceptors (Lipinski definition) is 4. The van der Waals surface area contributed by atoms with Gasteiger partial charge in [-0.1, -0.05) is 12.1 Å². The number of hydrogen-bond donors (Lipinski definition) is 2. The van der Waals surface area contributed by atoms with E-state index in [9.17, 15) is 9.90 Å². The van der Waals surface area contributed by atoms with E-state index in [0.717, 1.165) is 22.2 Å². The Morgan fingerprint density at radius 3 is 2.89 bits per heavy atom. The molecule has 0 aliphatic heterocycles. The summed E-state index contributed by atoms with van der Waals surface area (Å²) in [4.78, 5) is 25.4. The normalized spacial score (nSPS) is 13.0. The van der Waals surface area contributed by atoms with Gasteiger partial charge >= 0.3 is 5.69 Å². The van der Waals surface area contributed by atoms with Gasteiger partial charge in [-0.2, -0.15) is 0 Å². The van der Waals surface area contributed by atoms with Crippen molar-refractivity contribution in [1.82, 2.24) is 24.1 Å². The molecule has 0 saturated carbocycles. The van der Waals surface area contributed by atoms with Gasteiger partial charge in [-0.15, -0.1) is 0 Å². The molecule has 0 radical (unpaired) electrons. The number of benzene rings is 1. The first-order chi connectivity index (χ1) is 13.6. The van der Waals surface area contributed by atoms with Crippen LogP contribution in [0.15, 0.2) is 53.6 Å². The molecular formula is C21H19N5O2. The van der Waals surface area contributed by atoms with Crippen molar-refractivity contribution >= 4 is 33.0 Å². The van der Waals surface area contributed by atoms with Gasteiger partial charge in [-0.3, -0.25) is 14.1 Å². The Morgan fingerprint density at radius 2 is 2.07 bits per heavy atom. The van der Waals surface area contributed by atoms with Crippen LogP contribution >= 0.6 is 0 Å². The molecule has 4 heterocycles. The second-order valence-electron chi connectivity index (χ2n) is 7.04. The number of aryl methyl sites for hydroxylation is 1. The zero-order valence-corrected chi connectivity index (χ0v) is 15.5. The average molecular weight is 373 g/mol. The van der Waals surface area contributed by atoms with Crippen LogP contribution in [-0.4, -0.2) is 35.8 Å². The topological polar surface area (TPSA) is 88.7 Å². The molecule has 0 amide bonds. The number of aliphatic hydroxyl groups excluding tert-OH is 1. The van der Waals surface area contributed by atoms with Crippen LogP contribution in [0.3, 0.4) is 0 Å². The first-order valence-corrected chi connectivity index (χ1v) is 9.14. The maximum atomic E-state index is 12.8. The van der Waals surface area contributed by atoms with E-state index in [1.54, 1.807) is 22.4 Å². The second kappa shape index (κ2) is 6.03. The van der Waals surface area contributed by atoms with Crippen molar-refractivity contribution in [1.29, 1.82) is 0 Å². The highest BCUT2D eigenvalue weighted by Gasteiger charge is 2.19. The van der Waals surface area contributed by atoms with E-state index in [2.05, 4.69) is 9.97 Å². The van der Waals surface area contributed by atoms with Crippen LogP contribution < -0.4 is 5.69 Å². The molecule has 0 saturated heterocycles. The van der Waals surface area contributed by atoms with Gasteiger partial charge in [-0.25, -0.2) is 9.78 Å². The minimum atomic E-state index is -0.361. The van der Waals surface area contributed by atoms with Crippen LogP contribution in [-0.2, 0) is 7.05 Å². The highest BCUT2D eigenvalue weighted by Crippen LogP contribution is 2.30. The summed E-state index contributed by atoms with van der Waals surface area (Å²) in [5.74, 6) is 0. The summed E-state index contributed by atoms with van der Waals surface area (Å²) in [5, 5.41) is 10.8. The quantitative estimate of drug-likeness (QED) is 0.509. The summed E-state index contributed by atoms with van der Waals surface area (Å²) in [6.45, 7) is 1.68. The van der Waals surface area contributed by atoms with Crippen LogP contribution in [0.1, 0.15) is 13.0 Å². The van der Waals surface area contributed by atoms with Crippen molar-refractivity contribution in [2.24, 2.45) is 7.05 Å². The first-order valence-electron chi connectivity index (χ1n) is 9.14. The summed E-state index contributed by atoms with van der Waals surface area (Å²) < 4.78 is 3.15. The fraction of sp³-hybridized carbons (Fsp3) is 0.190. The number of nitrogens with one attached hydrogen (secondary N) is 1. The molecule has 0 aliphatic rings. The Labute approximate surface area is 159 Å². The third-order valence-electron chi connectivity index (χ3n) is 5.34. The molecule has 28 heavy (non-hydrogen) atoms. The van der Waals surface area contributed by atoms with Crippen LogP contribution in [0.4, 0.5) is 0 Å². The van der Waals surface area contributed by atoms with E-state index in [1.807, 2.05) is 49.5 Å². The third kappa shape index (κ3) is 2.23. The smallest absolute Gasteiger partial charge is 0.329 e. The molecule has 4 aromatic heterocycles. The average Bonchev–Trinajstić information content (AvgIpc) is 3.30. The lowest BCUT2D eigenvalue weighted by Gasteiger charge is -2.11. The lowest BCUT2D eigenvalue weighted by atomic mass is 10.1. The molecule has 7 nitrogen and oxygen atoms in total. The summed E-state index contributed by atoms with van der Waals surface area (Å²) >= 11 is 0. The second-order valence-corrected chi connectivity index (χ2v) is 7.04. The molecule has 2 N–H and O–H groups in total. The predicted molar refractivity (Wildman–Crippen MR) is 109 cm³/mol. The van der Waals surface area contributed by atoms with Gasteiger partial charge in [0.2, 0.25) is 0 Å². The number of H-pyrrole nitrogens is 1. The highest BCUT2D eigenvalue weighted by molar-refractivity contribution is 6.02. The van der Waals surface area contributed by atoms with E-state index < -0.39 is 0 Å². The van der Waals surface area contributed by atoms with Gasteiger partial charge < -0.3 is 10.1 Å². The number of aromatic nitrogens is 5. The lowest BCUT2D eigenvalue weighted by molar-refractivity contribution is 0.238. The standard InChI is InChI=1S/C21H19N5O2/c1-12(11-27)26-20-18(25(2)21(26)28)10-23-17-7-6-16(24-19(17)20)13-4-3-5-15-14(13)8-9-22-15/h3-10,12,22,27H,11H2,1-2H3/t12-/m1/s1. The maximum absolute atomic E-state index is 12.8. The Hall–Kier alpha value is -3.45. The molecule has 0 spiro atoms. The number of pyridine rings is 2. The van der Waals surface area contributed by atoms with E-state index in [0.29, 0.717) is 22.1 Å². The van der Waals surface area contributed by atoms with Crippen molar-refractivity contribution in [3.63, 3.8) is 0 Å². The van der Waals surface area contributed by atoms with Crippen molar-refractivity contribution in [2.75, 3.05) is 6.61 Å². The Balaban J connectivity index is 1.89. The minimum Gasteiger partial charge on any atom is -0.394 e. The molecule has 5 rings (SSSR count). The third-order valence-corrected chi connectivity index (χ3v) is 5.34. The van der Waals surface area contributed by atoms with Gasteiger partial charge in [-0.05, 0) is 31.2 Å². The predicted octanol–water partition coefficient (Wildman–Crippen LogP) is 2.98. The van der Waals surface area contributed by atoms with E-state index >= 15 is 0 Å². The van der Waals surface area contributed by atoms with Crippen LogP contribution in [0.5, 0.6) is 0 Å². The Kier molecular flexibility index (Phi) is 3.60. The molecule has 140 valence electrons. The highest BCUT2D eigenvalue weighted by atomic mass is 16.3. The molecule has 5 aromatic rings. The molecule has 0 unspecified atom stereocenters. The SMILES string of the molecule is C[C@H](CO)n1c(=O)n(C)c2cnc3ccc(-c4cccc5[nH]ccc45)nc3c21. The van der Waals surface area contributed by atoms with Crippen LogP contribution in [0.25, 0.3) is 44.2 Å². The zero-order valence-electron chi connectivity index (χ0n) is 15.5. The number of aromatic amines is 1. The van der Waals surface area contributed by atoms with E-state index in [-0.39, 0.29) is 18.3 Å². The number of aliphatic hydroxyl groups is 1. The molecular weight excluding hydrogens is 354 g/mol. The van der Waals surface area contributed by atoms with Crippen LogP contribution in [0, 0.1) is 0 Å². The van der Waals surface area contributed by atoms with Crippen LogP contribution in [0.2, 0.25) is 0 Å². The zero-order chi connectivity index (χ0) is 19.4. The van der Waals surface area contributed by atoms with Crippen molar-refractivity contribution in [2.45, 2.75) is 13.0 Å². The van der Waals surface area contributed by atoms with Gasteiger partial charge in [0.25, 0.3) is 0 Å². The summed E-state index contributed by atoms with van der Waals surface area (Å²) in [5.41, 5.74) is 5.43. The Morgan fingerprint density at radius 1 is 1.21 bits per heavy atom. The molecule has 0 bridgehead atoms. The van der Waals surface area contributed by atoms with Gasteiger partial charge in [0.1, 0.15) is 5.52 Å². The fourth-order valence-corrected chi connectivity index (χ4v) is 3.84. The number of nitrogens with zero attached hydrogens (tertiary/aromatic N) is 4.